The molecule has 0 unspecified atom stereocenters. The number of rotatable bonds is 5. The van der Waals surface area contributed by atoms with Gasteiger partial charge in [-0.05, 0) is 62.1 Å². The lowest BCUT2D eigenvalue weighted by Crippen LogP contribution is -2.39. The molecule has 2 aromatic carbocycles. The van der Waals surface area contributed by atoms with Gasteiger partial charge in [0.25, 0.3) is 5.56 Å². The summed E-state index contributed by atoms with van der Waals surface area (Å²) in [7, 11) is 0. The maximum absolute atomic E-state index is 13.6. The topological polar surface area (TPSA) is 80.9 Å². The summed E-state index contributed by atoms with van der Waals surface area (Å²) in [6.07, 6.45) is 3.63. The second-order valence-electron chi connectivity index (χ2n) is 7.28. The first-order valence-corrected chi connectivity index (χ1v) is 13.0. The van der Waals surface area contributed by atoms with Crippen molar-refractivity contribution < 1.29 is 14.6 Å². The zero-order valence-corrected chi connectivity index (χ0v) is 21.4. The number of aromatic hydroxyl groups is 1. The van der Waals surface area contributed by atoms with Gasteiger partial charge in [-0.15, -0.1) is 11.8 Å². The van der Waals surface area contributed by atoms with Crippen LogP contribution < -0.4 is 14.9 Å². The maximum atomic E-state index is 13.6. The van der Waals surface area contributed by atoms with E-state index < -0.39 is 12.0 Å². The van der Waals surface area contributed by atoms with Crippen molar-refractivity contribution in [1.29, 1.82) is 0 Å². The number of phenolic OH excluding ortho intramolecular Hbond substituents is 1. The molecule has 1 aliphatic heterocycles. The number of allylic oxidation sites excluding steroid dienone is 1. The maximum Gasteiger partial charge on any atom is 0.338 e. The molecule has 1 N–H and O–H groups in total. The molecule has 3 aromatic rings. The molecule has 0 radical (unpaired) electrons. The smallest absolute Gasteiger partial charge is 0.338 e. The van der Waals surface area contributed by atoms with Crippen LogP contribution in [0.2, 0.25) is 0 Å². The molecular weight excluding hydrogens is 524 g/mol. The van der Waals surface area contributed by atoms with E-state index in [4.69, 9.17) is 4.74 Å². The fraction of sp³-hybridized carbons (Fsp3) is 0.208. The van der Waals surface area contributed by atoms with Crippen LogP contribution in [0.5, 0.6) is 5.75 Å². The van der Waals surface area contributed by atoms with Gasteiger partial charge in [0, 0.05) is 14.9 Å². The van der Waals surface area contributed by atoms with Crippen molar-refractivity contribution in [3.05, 3.63) is 89.0 Å². The summed E-state index contributed by atoms with van der Waals surface area (Å²) >= 11 is 6.23. The van der Waals surface area contributed by atoms with E-state index in [1.165, 1.54) is 11.3 Å². The van der Waals surface area contributed by atoms with Gasteiger partial charge in [-0.1, -0.05) is 39.4 Å². The Balaban J connectivity index is 1.96. The van der Waals surface area contributed by atoms with E-state index in [9.17, 15) is 14.7 Å². The number of ether oxygens (including phenoxy) is 1. The molecule has 33 heavy (non-hydrogen) atoms. The van der Waals surface area contributed by atoms with Crippen LogP contribution in [-0.4, -0.2) is 28.5 Å². The van der Waals surface area contributed by atoms with Crippen LogP contribution in [0, 0.1) is 0 Å². The van der Waals surface area contributed by atoms with Gasteiger partial charge < -0.3 is 9.84 Å². The van der Waals surface area contributed by atoms with E-state index >= 15 is 0 Å². The summed E-state index contributed by atoms with van der Waals surface area (Å²) in [6, 6.07) is 12.1. The first kappa shape index (κ1) is 23.5. The Kier molecular flexibility index (Phi) is 6.92. The van der Waals surface area contributed by atoms with E-state index in [1.807, 2.05) is 30.5 Å². The minimum atomic E-state index is -0.658. The van der Waals surface area contributed by atoms with E-state index in [-0.39, 0.29) is 17.9 Å². The Morgan fingerprint density at radius 1 is 1.30 bits per heavy atom. The number of phenols is 1. The fourth-order valence-corrected chi connectivity index (χ4v) is 5.50. The highest BCUT2D eigenvalue weighted by molar-refractivity contribution is 9.10. The Bertz CT molecular complexity index is 1440. The van der Waals surface area contributed by atoms with Crippen molar-refractivity contribution in [1.82, 2.24) is 4.57 Å². The van der Waals surface area contributed by atoms with Crippen LogP contribution in [0.1, 0.15) is 31.0 Å². The van der Waals surface area contributed by atoms with Crippen molar-refractivity contribution in [3.63, 3.8) is 0 Å². The summed E-state index contributed by atoms with van der Waals surface area (Å²) in [5.41, 5.74) is 1.88. The van der Waals surface area contributed by atoms with Gasteiger partial charge in [0.2, 0.25) is 0 Å². The summed E-state index contributed by atoms with van der Waals surface area (Å²) < 4.78 is 8.05. The Morgan fingerprint density at radius 2 is 2.03 bits per heavy atom. The molecule has 1 aliphatic rings. The largest absolute Gasteiger partial charge is 0.507 e. The lowest BCUT2D eigenvalue weighted by Gasteiger charge is -2.24. The zero-order chi connectivity index (χ0) is 23.7. The normalized spacial score (nSPS) is 15.9. The molecule has 0 fully saturated rings. The van der Waals surface area contributed by atoms with E-state index in [0.717, 1.165) is 14.9 Å². The second kappa shape index (κ2) is 9.70. The molecule has 0 saturated heterocycles. The molecule has 1 aromatic heterocycles. The van der Waals surface area contributed by atoms with Gasteiger partial charge in [-0.25, -0.2) is 9.79 Å². The van der Waals surface area contributed by atoms with Crippen LogP contribution in [-0.2, 0) is 9.53 Å². The highest BCUT2D eigenvalue weighted by Gasteiger charge is 2.33. The van der Waals surface area contributed by atoms with Crippen LogP contribution in [0.25, 0.3) is 6.08 Å². The number of benzene rings is 2. The number of halogens is 1. The Morgan fingerprint density at radius 3 is 2.70 bits per heavy atom. The zero-order valence-electron chi connectivity index (χ0n) is 18.2. The third kappa shape index (κ3) is 4.58. The molecule has 2 heterocycles. The Labute approximate surface area is 207 Å². The number of nitrogens with zero attached hydrogens (tertiary/aromatic N) is 2. The monoisotopic (exact) mass is 544 g/mol. The van der Waals surface area contributed by atoms with Crippen molar-refractivity contribution in [3.8, 4) is 5.75 Å². The fourth-order valence-electron chi connectivity index (χ4n) is 3.68. The molecule has 1 atom stereocenters. The number of carbonyl (C=O) groups excluding carboxylic acids is 1. The lowest BCUT2D eigenvalue weighted by molar-refractivity contribution is -0.139. The van der Waals surface area contributed by atoms with Crippen molar-refractivity contribution >= 4 is 51.1 Å². The van der Waals surface area contributed by atoms with Crippen LogP contribution in [0.15, 0.2) is 72.9 Å². The molecule has 0 aliphatic carbocycles. The number of hydrogen-bond donors (Lipinski definition) is 1. The predicted molar refractivity (Wildman–Crippen MR) is 134 cm³/mol. The average molecular weight is 545 g/mol. The highest BCUT2D eigenvalue weighted by atomic mass is 79.9. The lowest BCUT2D eigenvalue weighted by atomic mass is 9.96. The van der Waals surface area contributed by atoms with Gasteiger partial charge in [0.1, 0.15) is 5.75 Å². The summed E-state index contributed by atoms with van der Waals surface area (Å²) in [6.45, 7) is 3.73. The number of fused-ring (bicyclic) bond motifs is 1. The summed E-state index contributed by atoms with van der Waals surface area (Å²) in [5, 5.41) is 10.2. The van der Waals surface area contributed by atoms with E-state index in [0.29, 0.717) is 26.2 Å². The number of carbonyl (C=O) groups is 1. The predicted octanol–water partition coefficient (Wildman–Crippen LogP) is 3.99. The van der Waals surface area contributed by atoms with Crippen molar-refractivity contribution in [2.24, 2.45) is 4.99 Å². The molecule has 0 saturated carbocycles. The number of thioether (sulfide) groups is 1. The molecule has 0 amide bonds. The minimum absolute atomic E-state index is 0.0663. The Hall–Kier alpha value is -2.62. The molecule has 0 bridgehead atoms. The number of esters is 1. The third-order valence-corrected chi connectivity index (χ3v) is 7.44. The van der Waals surface area contributed by atoms with Crippen LogP contribution in [0.3, 0.4) is 0 Å². The summed E-state index contributed by atoms with van der Waals surface area (Å²) in [5.74, 6) is -0.423. The third-order valence-electron chi connectivity index (χ3n) is 5.22. The standard InChI is InChI=1S/C24H21BrN2O4S2/c1-4-31-23(30)20-13(2)26-24-27(21(20)14-5-8-17(32-3)9-6-14)22(29)19(33-24)12-15-11-16(25)7-10-18(15)28/h5-12,21,28H,4H2,1-3H3/b19-12-/t21-/m0/s1. The summed E-state index contributed by atoms with van der Waals surface area (Å²) in [4.78, 5) is 32.6. The first-order chi connectivity index (χ1) is 15.8. The van der Waals surface area contributed by atoms with Crippen molar-refractivity contribution in [2.75, 3.05) is 12.9 Å². The number of thiazole rings is 1. The minimum Gasteiger partial charge on any atom is -0.507 e. The van der Waals surface area contributed by atoms with Crippen LogP contribution >= 0.6 is 39.0 Å². The molecule has 9 heteroatoms. The highest BCUT2D eigenvalue weighted by Crippen LogP contribution is 2.31. The SMILES string of the molecule is CCOC(=O)C1=C(C)N=c2s/c(=C\c3cc(Br)ccc3O)c(=O)n2[C@H]1c1ccc(SC)cc1. The van der Waals surface area contributed by atoms with Gasteiger partial charge in [0.15, 0.2) is 4.80 Å². The van der Waals surface area contributed by atoms with Gasteiger partial charge in [-0.2, -0.15) is 0 Å². The quantitative estimate of drug-likeness (QED) is 0.388. The molecule has 4 rings (SSSR count). The number of hydrogen-bond acceptors (Lipinski definition) is 7. The van der Waals surface area contributed by atoms with Crippen molar-refractivity contribution in [2.45, 2.75) is 24.8 Å². The molecule has 6 nitrogen and oxygen atoms in total. The molecular formula is C24H21BrN2O4S2. The molecule has 0 spiro atoms. The van der Waals surface area contributed by atoms with E-state index in [1.54, 1.807) is 54.5 Å². The van der Waals surface area contributed by atoms with Gasteiger partial charge in [0.05, 0.1) is 28.5 Å². The van der Waals surface area contributed by atoms with Gasteiger partial charge in [-0.3, -0.25) is 9.36 Å². The number of aromatic nitrogens is 1. The first-order valence-electron chi connectivity index (χ1n) is 10.2. The van der Waals surface area contributed by atoms with Crippen LogP contribution in [0.4, 0.5) is 0 Å². The van der Waals surface area contributed by atoms with E-state index in [2.05, 4.69) is 20.9 Å². The second-order valence-corrected chi connectivity index (χ2v) is 10.1. The average Bonchev–Trinajstić information content (AvgIpc) is 3.10. The van der Waals surface area contributed by atoms with Gasteiger partial charge >= 0.3 is 5.97 Å². The molecule has 170 valence electrons.